The van der Waals surface area contributed by atoms with Crippen molar-refractivity contribution < 1.29 is 9.15 Å². The van der Waals surface area contributed by atoms with Crippen molar-refractivity contribution in [2.24, 2.45) is 0 Å². The summed E-state index contributed by atoms with van der Waals surface area (Å²) in [5.74, 6) is 0. The van der Waals surface area contributed by atoms with Gasteiger partial charge in [0.1, 0.15) is 5.58 Å². The lowest BCUT2D eigenvalue weighted by Crippen LogP contribution is -2.01. The molecular weight excluding hydrogens is 216 g/mol. The Morgan fingerprint density at radius 3 is 3.06 bits per heavy atom. The van der Waals surface area contributed by atoms with Crippen molar-refractivity contribution in [1.29, 1.82) is 0 Å². The van der Waals surface area contributed by atoms with Crippen LogP contribution in [0.2, 0.25) is 0 Å². The third-order valence-corrected chi connectivity index (χ3v) is 2.86. The van der Waals surface area contributed by atoms with Gasteiger partial charge in [-0.05, 0) is 35.7 Å². The maximum absolute atomic E-state index is 11.2. The average Bonchev–Trinajstić information content (AvgIpc) is 2.29. The second kappa shape index (κ2) is 4.18. The van der Waals surface area contributed by atoms with E-state index in [0.29, 0.717) is 12.2 Å². The maximum Gasteiger partial charge on any atom is 0.336 e. The molecule has 0 spiro atoms. The molecule has 0 saturated carbocycles. The molecule has 86 valence electrons. The van der Waals surface area contributed by atoms with Crippen LogP contribution in [0.5, 0.6) is 0 Å². The van der Waals surface area contributed by atoms with E-state index in [9.17, 15) is 4.79 Å². The second-order valence-corrected chi connectivity index (χ2v) is 4.09. The molecule has 0 amide bonds. The number of fused-ring (bicyclic) bond motifs is 2. The van der Waals surface area contributed by atoms with E-state index in [1.807, 2.05) is 12.1 Å². The molecule has 1 aliphatic rings. The molecule has 2 heterocycles. The highest BCUT2D eigenvalue weighted by atomic mass is 16.5. The Morgan fingerprint density at radius 2 is 2.12 bits per heavy atom. The summed E-state index contributed by atoms with van der Waals surface area (Å²) in [5, 5.41) is 0.931. The quantitative estimate of drug-likeness (QED) is 0.651. The summed E-state index contributed by atoms with van der Waals surface area (Å²) in [5.41, 5.74) is 2.50. The Bertz CT molecular complexity index is 637. The minimum Gasteiger partial charge on any atom is -0.423 e. The molecule has 1 aromatic carbocycles. The van der Waals surface area contributed by atoms with E-state index in [1.54, 1.807) is 6.07 Å². The summed E-state index contributed by atoms with van der Waals surface area (Å²) < 4.78 is 10.7. The largest absolute Gasteiger partial charge is 0.423 e. The van der Waals surface area contributed by atoms with E-state index in [2.05, 4.69) is 12.2 Å². The number of hydrogen-bond acceptors (Lipinski definition) is 3. The molecule has 17 heavy (non-hydrogen) atoms. The van der Waals surface area contributed by atoms with Crippen LogP contribution in [0.3, 0.4) is 0 Å². The number of ether oxygens (including phenoxy) is 1. The Kier molecular flexibility index (Phi) is 2.53. The summed E-state index contributed by atoms with van der Waals surface area (Å²) in [6.07, 6.45) is 5.05. The zero-order valence-corrected chi connectivity index (χ0v) is 9.31. The van der Waals surface area contributed by atoms with E-state index < -0.39 is 0 Å². The normalized spacial score (nSPS) is 17.2. The van der Waals surface area contributed by atoms with Gasteiger partial charge in [-0.2, -0.15) is 0 Å². The fraction of sp³-hybridized carbons (Fsp3) is 0.214. The van der Waals surface area contributed by atoms with Crippen LogP contribution < -0.4 is 5.63 Å². The molecule has 1 aromatic heterocycles. The average molecular weight is 228 g/mol. The predicted molar refractivity (Wildman–Crippen MR) is 65.8 cm³/mol. The van der Waals surface area contributed by atoms with Gasteiger partial charge in [0, 0.05) is 11.5 Å². The van der Waals surface area contributed by atoms with Gasteiger partial charge in [-0.25, -0.2) is 4.79 Å². The van der Waals surface area contributed by atoms with Crippen molar-refractivity contribution >= 4 is 17.0 Å². The molecule has 0 atom stereocenters. The monoisotopic (exact) mass is 228 g/mol. The molecule has 0 N–H and O–H groups in total. The topological polar surface area (TPSA) is 39.4 Å². The minimum absolute atomic E-state index is 0.316. The molecule has 0 saturated heterocycles. The molecule has 2 aromatic rings. The van der Waals surface area contributed by atoms with Crippen molar-refractivity contribution in [3.63, 3.8) is 0 Å². The summed E-state index contributed by atoms with van der Waals surface area (Å²) in [7, 11) is 0. The van der Waals surface area contributed by atoms with Crippen LogP contribution in [-0.4, -0.2) is 6.61 Å². The van der Waals surface area contributed by atoms with Gasteiger partial charge in [-0.3, -0.25) is 0 Å². The van der Waals surface area contributed by atoms with Crippen molar-refractivity contribution in [2.75, 3.05) is 6.61 Å². The third-order valence-electron chi connectivity index (χ3n) is 2.86. The summed E-state index contributed by atoms with van der Waals surface area (Å²) >= 11 is 0. The van der Waals surface area contributed by atoms with Gasteiger partial charge in [0.2, 0.25) is 0 Å². The fourth-order valence-electron chi connectivity index (χ4n) is 2.00. The van der Waals surface area contributed by atoms with Gasteiger partial charge < -0.3 is 9.15 Å². The number of benzene rings is 1. The fourth-order valence-corrected chi connectivity index (χ4v) is 2.00. The first-order valence-corrected chi connectivity index (χ1v) is 5.64. The van der Waals surface area contributed by atoms with Crippen molar-refractivity contribution in [3.8, 4) is 0 Å². The lowest BCUT2D eigenvalue weighted by atomic mass is 10.0. The van der Waals surface area contributed by atoms with Crippen LogP contribution in [0.15, 0.2) is 39.6 Å². The number of hydrogen-bond donors (Lipinski definition) is 0. The molecule has 0 radical (unpaired) electrons. The molecule has 3 rings (SSSR count). The van der Waals surface area contributed by atoms with Gasteiger partial charge in [-0.1, -0.05) is 12.2 Å². The van der Waals surface area contributed by atoms with Crippen LogP contribution in [0.1, 0.15) is 17.5 Å². The van der Waals surface area contributed by atoms with Crippen LogP contribution in [0.25, 0.3) is 17.0 Å². The van der Waals surface area contributed by atoms with E-state index in [0.717, 1.165) is 29.5 Å². The summed E-state index contributed by atoms with van der Waals surface area (Å²) in [4.78, 5) is 11.2. The maximum atomic E-state index is 11.2. The smallest absolute Gasteiger partial charge is 0.336 e. The van der Waals surface area contributed by atoms with Crippen LogP contribution in [-0.2, 0) is 11.3 Å². The van der Waals surface area contributed by atoms with Gasteiger partial charge in [-0.15, -0.1) is 0 Å². The first kappa shape index (κ1) is 10.3. The van der Waals surface area contributed by atoms with E-state index in [-0.39, 0.29) is 5.63 Å². The molecule has 3 heteroatoms. The first-order valence-electron chi connectivity index (χ1n) is 5.64. The van der Waals surface area contributed by atoms with E-state index in [4.69, 9.17) is 9.15 Å². The van der Waals surface area contributed by atoms with E-state index >= 15 is 0 Å². The zero-order valence-electron chi connectivity index (χ0n) is 9.31. The Balaban J connectivity index is 2.24. The molecule has 0 unspecified atom stereocenters. The van der Waals surface area contributed by atoms with Crippen molar-refractivity contribution in [2.45, 2.75) is 13.0 Å². The van der Waals surface area contributed by atoms with Gasteiger partial charge in [0.15, 0.2) is 0 Å². The Labute approximate surface area is 98.3 Å². The molecular formula is C14H12O3. The molecule has 3 nitrogen and oxygen atoms in total. The highest BCUT2D eigenvalue weighted by molar-refractivity contribution is 5.80. The second-order valence-electron chi connectivity index (χ2n) is 4.09. The van der Waals surface area contributed by atoms with Gasteiger partial charge in [0.25, 0.3) is 0 Å². The zero-order chi connectivity index (χ0) is 11.7. The minimum atomic E-state index is -0.316. The summed E-state index contributed by atoms with van der Waals surface area (Å²) in [6.45, 7) is 1.35. The Hall–Kier alpha value is -1.87. The van der Waals surface area contributed by atoms with Crippen LogP contribution >= 0.6 is 0 Å². The highest BCUT2D eigenvalue weighted by Crippen LogP contribution is 2.22. The number of rotatable bonds is 0. The Morgan fingerprint density at radius 1 is 1.18 bits per heavy atom. The molecule has 0 aliphatic carbocycles. The lowest BCUT2D eigenvalue weighted by molar-refractivity contribution is 0.124. The van der Waals surface area contributed by atoms with Crippen LogP contribution in [0.4, 0.5) is 0 Å². The first-order chi connectivity index (χ1) is 8.33. The highest BCUT2D eigenvalue weighted by Gasteiger charge is 2.06. The van der Waals surface area contributed by atoms with Gasteiger partial charge >= 0.3 is 5.63 Å². The van der Waals surface area contributed by atoms with Crippen molar-refractivity contribution in [3.05, 3.63) is 51.9 Å². The van der Waals surface area contributed by atoms with Gasteiger partial charge in [0.05, 0.1) is 13.2 Å². The van der Waals surface area contributed by atoms with Crippen LogP contribution in [0, 0.1) is 0 Å². The molecule has 1 aliphatic heterocycles. The molecule has 0 fully saturated rings. The van der Waals surface area contributed by atoms with Crippen molar-refractivity contribution in [1.82, 2.24) is 0 Å². The molecule has 0 bridgehead atoms. The van der Waals surface area contributed by atoms with E-state index in [1.165, 1.54) is 6.07 Å². The third kappa shape index (κ3) is 2.01. The predicted octanol–water partition coefficient (Wildman–Crippen LogP) is 2.73. The summed E-state index contributed by atoms with van der Waals surface area (Å²) in [6, 6.07) is 7.14. The lowest BCUT2D eigenvalue weighted by Gasteiger charge is -2.11. The standard InChI is InChI=1S/C14H12O3/c15-14-5-4-11-7-12-9-16-6-2-1-3-10(12)8-13(11)17-14/h1,3-5,7-8H,2,6,9H2/b3-1-. The SMILES string of the molecule is O=c1ccc2cc3c(cc2o1)/C=C\CCOC3.